The van der Waals surface area contributed by atoms with E-state index in [9.17, 15) is 4.79 Å². The first-order valence-electron chi connectivity index (χ1n) is 7.49. The fraction of sp³-hybridized carbons (Fsp3) is 0.353. The third-order valence-corrected chi connectivity index (χ3v) is 4.39. The molecule has 1 saturated carbocycles. The molecule has 1 aromatic heterocycles. The van der Waals surface area contributed by atoms with Crippen LogP contribution in [-0.2, 0) is 0 Å². The second-order valence-corrected chi connectivity index (χ2v) is 6.07. The molecule has 0 saturated heterocycles. The van der Waals surface area contributed by atoms with Gasteiger partial charge >= 0.3 is 0 Å². The molecule has 1 atom stereocenters. The number of aryl methyl sites for hydroxylation is 2. The van der Waals surface area contributed by atoms with E-state index in [1.807, 2.05) is 29.2 Å². The van der Waals surface area contributed by atoms with Crippen LogP contribution in [0.2, 0.25) is 0 Å². The minimum absolute atomic E-state index is 0.0650. The largest absolute Gasteiger partial charge is 0.362 e. The molecule has 2 aliphatic rings. The second-order valence-electron chi connectivity index (χ2n) is 6.07. The molecular formula is C17H19N3O. The number of rotatable bonds is 2. The highest BCUT2D eigenvalue weighted by Gasteiger charge is 2.42. The van der Waals surface area contributed by atoms with Gasteiger partial charge in [-0.05, 0) is 44.9 Å². The Hall–Kier alpha value is -2.23. The molecule has 2 heterocycles. The van der Waals surface area contributed by atoms with Gasteiger partial charge in [-0.1, -0.05) is 12.1 Å². The van der Waals surface area contributed by atoms with Gasteiger partial charge in [0.25, 0.3) is 5.91 Å². The zero-order valence-electron chi connectivity index (χ0n) is 12.3. The first-order chi connectivity index (χ1) is 10.1. The normalized spacial score (nSPS) is 21.1. The van der Waals surface area contributed by atoms with Crippen molar-refractivity contribution in [2.45, 2.75) is 38.9 Å². The number of amides is 1. The molecule has 2 N–H and O–H groups in total. The van der Waals surface area contributed by atoms with E-state index in [2.05, 4.69) is 30.2 Å². The number of H-pyrrole nitrogens is 1. The van der Waals surface area contributed by atoms with Crippen LogP contribution in [-0.4, -0.2) is 21.8 Å². The van der Waals surface area contributed by atoms with Gasteiger partial charge in [0.15, 0.2) is 0 Å². The number of aromatic nitrogens is 1. The van der Waals surface area contributed by atoms with Gasteiger partial charge in [0.2, 0.25) is 0 Å². The van der Waals surface area contributed by atoms with Crippen molar-refractivity contribution in [1.82, 2.24) is 9.88 Å². The Bertz CT molecular complexity index is 715. The number of benzene rings is 1. The maximum absolute atomic E-state index is 12.9. The zero-order chi connectivity index (χ0) is 14.6. The molecule has 21 heavy (non-hydrogen) atoms. The van der Waals surface area contributed by atoms with Gasteiger partial charge in [0.05, 0.1) is 5.56 Å². The number of hydrogen-bond acceptors (Lipinski definition) is 2. The van der Waals surface area contributed by atoms with E-state index in [1.54, 1.807) is 0 Å². The van der Waals surface area contributed by atoms with Gasteiger partial charge in [-0.3, -0.25) is 4.79 Å². The van der Waals surface area contributed by atoms with Crippen molar-refractivity contribution in [2.75, 3.05) is 5.32 Å². The van der Waals surface area contributed by atoms with E-state index in [-0.39, 0.29) is 12.1 Å². The summed E-state index contributed by atoms with van der Waals surface area (Å²) in [7, 11) is 0. The molecule has 4 rings (SSSR count). The fourth-order valence-corrected chi connectivity index (χ4v) is 3.26. The molecule has 0 spiro atoms. The predicted octanol–water partition coefficient (Wildman–Crippen LogP) is 3.36. The lowest BCUT2D eigenvalue weighted by Gasteiger charge is -2.38. The average Bonchev–Trinajstić information content (AvgIpc) is 3.23. The SMILES string of the molecule is Cc1cc([C@H]2Nc3ccccc3C(=O)N2C2CC2)c(C)[nH]1. The average molecular weight is 281 g/mol. The Balaban J connectivity index is 1.82. The first-order valence-corrected chi connectivity index (χ1v) is 7.49. The van der Waals surface area contributed by atoms with Gasteiger partial charge in [0.1, 0.15) is 6.17 Å². The lowest BCUT2D eigenvalue weighted by Crippen LogP contribution is -2.44. The number of para-hydroxylation sites is 1. The summed E-state index contributed by atoms with van der Waals surface area (Å²) in [6.07, 6.45) is 2.15. The molecule has 2 aromatic rings. The predicted molar refractivity (Wildman–Crippen MR) is 82.3 cm³/mol. The van der Waals surface area contributed by atoms with E-state index in [1.165, 1.54) is 5.56 Å². The van der Waals surface area contributed by atoms with Crippen LogP contribution in [0.5, 0.6) is 0 Å². The monoisotopic (exact) mass is 281 g/mol. The Morgan fingerprint density at radius 3 is 2.62 bits per heavy atom. The summed E-state index contributed by atoms with van der Waals surface area (Å²) in [5, 5.41) is 3.55. The standard InChI is InChI=1S/C17H19N3O/c1-10-9-14(11(2)18-10)16-19-15-6-4-3-5-13(15)17(21)20(16)12-7-8-12/h3-6,9,12,16,18-19H,7-8H2,1-2H3/t16-/m0/s1. The summed E-state index contributed by atoms with van der Waals surface area (Å²) in [6, 6.07) is 10.3. The van der Waals surface area contributed by atoms with E-state index < -0.39 is 0 Å². The topological polar surface area (TPSA) is 48.1 Å². The summed E-state index contributed by atoms with van der Waals surface area (Å²) in [6.45, 7) is 4.12. The second kappa shape index (κ2) is 4.38. The van der Waals surface area contributed by atoms with Crippen molar-refractivity contribution in [3.8, 4) is 0 Å². The number of carbonyl (C=O) groups excluding carboxylic acids is 1. The van der Waals surface area contributed by atoms with E-state index >= 15 is 0 Å². The van der Waals surface area contributed by atoms with E-state index in [4.69, 9.17) is 0 Å². The molecule has 4 heteroatoms. The van der Waals surface area contributed by atoms with Crippen molar-refractivity contribution >= 4 is 11.6 Å². The summed E-state index contributed by atoms with van der Waals surface area (Å²) in [4.78, 5) is 18.2. The quantitative estimate of drug-likeness (QED) is 0.886. The Morgan fingerprint density at radius 1 is 1.19 bits per heavy atom. The van der Waals surface area contributed by atoms with Crippen LogP contribution in [0.1, 0.15) is 46.3 Å². The number of nitrogens with one attached hydrogen (secondary N) is 2. The minimum Gasteiger partial charge on any atom is -0.362 e. The molecule has 0 bridgehead atoms. The lowest BCUT2D eigenvalue weighted by molar-refractivity contribution is 0.0666. The van der Waals surface area contributed by atoms with Crippen LogP contribution in [0.4, 0.5) is 5.69 Å². The Labute approximate surface area is 124 Å². The van der Waals surface area contributed by atoms with Crippen molar-refractivity contribution in [2.24, 2.45) is 0 Å². The summed E-state index contributed by atoms with van der Waals surface area (Å²) in [5.74, 6) is 0.148. The van der Waals surface area contributed by atoms with E-state index in [0.717, 1.165) is 35.5 Å². The molecule has 4 nitrogen and oxygen atoms in total. The van der Waals surface area contributed by atoms with Gasteiger partial charge in [-0.2, -0.15) is 0 Å². The molecule has 1 fully saturated rings. The van der Waals surface area contributed by atoms with Crippen molar-refractivity contribution < 1.29 is 4.79 Å². The van der Waals surface area contributed by atoms with Crippen LogP contribution in [0.15, 0.2) is 30.3 Å². The maximum Gasteiger partial charge on any atom is 0.258 e. The first kappa shape index (κ1) is 12.5. The van der Waals surface area contributed by atoms with Crippen LogP contribution in [0.3, 0.4) is 0 Å². The third kappa shape index (κ3) is 1.94. The molecule has 1 aromatic carbocycles. The maximum atomic E-state index is 12.9. The highest BCUT2D eigenvalue weighted by molar-refractivity contribution is 6.02. The molecule has 1 aliphatic carbocycles. The fourth-order valence-electron chi connectivity index (χ4n) is 3.26. The van der Waals surface area contributed by atoms with Gasteiger partial charge in [-0.25, -0.2) is 0 Å². The minimum atomic E-state index is -0.0650. The molecule has 1 aliphatic heterocycles. The van der Waals surface area contributed by atoms with Crippen LogP contribution < -0.4 is 5.32 Å². The Morgan fingerprint density at radius 2 is 1.95 bits per heavy atom. The van der Waals surface area contributed by atoms with Gasteiger partial charge < -0.3 is 15.2 Å². The highest BCUT2D eigenvalue weighted by Crippen LogP contribution is 2.41. The number of nitrogens with zero attached hydrogens (tertiary/aromatic N) is 1. The number of hydrogen-bond donors (Lipinski definition) is 2. The molecule has 0 unspecified atom stereocenters. The zero-order valence-corrected chi connectivity index (χ0v) is 12.3. The smallest absolute Gasteiger partial charge is 0.258 e. The number of anilines is 1. The van der Waals surface area contributed by atoms with Crippen LogP contribution in [0.25, 0.3) is 0 Å². The molecular weight excluding hydrogens is 262 g/mol. The third-order valence-electron chi connectivity index (χ3n) is 4.39. The van der Waals surface area contributed by atoms with Crippen molar-refractivity contribution in [3.05, 3.63) is 52.8 Å². The highest BCUT2D eigenvalue weighted by atomic mass is 16.2. The number of aromatic amines is 1. The Kier molecular flexibility index (Phi) is 2.61. The summed E-state index contributed by atoms with van der Waals surface area (Å²) in [5.41, 5.74) is 5.14. The van der Waals surface area contributed by atoms with Crippen molar-refractivity contribution in [1.29, 1.82) is 0 Å². The van der Waals surface area contributed by atoms with Crippen molar-refractivity contribution in [3.63, 3.8) is 0 Å². The molecule has 1 amide bonds. The van der Waals surface area contributed by atoms with Gasteiger partial charge in [0, 0.05) is 28.7 Å². The van der Waals surface area contributed by atoms with E-state index in [0.29, 0.717) is 6.04 Å². The van der Waals surface area contributed by atoms with Crippen LogP contribution in [0, 0.1) is 13.8 Å². The number of fused-ring (bicyclic) bond motifs is 1. The molecule has 0 radical (unpaired) electrons. The lowest BCUT2D eigenvalue weighted by atomic mass is 10.0. The number of carbonyl (C=O) groups is 1. The van der Waals surface area contributed by atoms with Crippen LogP contribution >= 0.6 is 0 Å². The summed E-state index contributed by atoms with van der Waals surface area (Å²) < 4.78 is 0. The molecule has 108 valence electrons. The van der Waals surface area contributed by atoms with Gasteiger partial charge in [-0.15, -0.1) is 0 Å². The summed E-state index contributed by atoms with van der Waals surface area (Å²) >= 11 is 0.